The van der Waals surface area contributed by atoms with Gasteiger partial charge in [0.1, 0.15) is 5.82 Å². The first-order valence-electron chi connectivity index (χ1n) is 5.85. The molecule has 0 saturated heterocycles. The molecule has 0 aliphatic heterocycles. The molecule has 1 amide bonds. The standard InChI is InChI=1S/C14H11ClFN3O2/c15-11-7-9(4-5-12(11)16)14(20)18-10-3-1-2-8(6-10)13(17)19-21/h1-7,21H,(H2,17,19)(H,18,20). The monoisotopic (exact) mass is 307 g/mol. The van der Waals surface area contributed by atoms with Gasteiger partial charge in [0.25, 0.3) is 5.91 Å². The van der Waals surface area contributed by atoms with Crippen molar-refractivity contribution in [3.63, 3.8) is 0 Å². The molecular formula is C14H11ClFN3O2. The second-order valence-electron chi connectivity index (χ2n) is 4.15. The molecule has 0 unspecified atom stereocenters. The van der Waals surface area contributed by atoms with Crippen LogP contribution in [0.3, 0.4) is 0 Å². The van der Waals surface area contributed by atoms with Gasteiger partial charge in [0.05, 0.1) is 5.02 Å². The molecule has 0 aliphatic rings. The summed E-state index contributed by atoms with van der Waals surface area (Å²) in [6.45, 7) is 0. The Balaban J connectivity index is 2.21. The maximum Gasteiger partial charge on any atom is 0.255 e. The predicted octanol–water partition coefficient (Wildman–Crippen LogP) is 2.83. The average Bonchev–Trinajstić information content (AvgIpc) is 2.49. The lowest BCUT2D eigenvalue weighted by molar-refractivity contribution is 0.102. The zero-order chi connectivity index (χ0) is 15.4. The topological polar surface area (TPSA) is 87.7 Å². The SMILES string of the molecule is N/C(=N/O)c1cccc(NC(=O)c2ccc(F)c(Cl)c2)c1. The highest BCUT2D eigenvalue weighted by Gasteiger charge is 2.10. The summed E-state index contributed by atoms with van der Waals surface area (Å²) in [5, 5.41) is 14.0. The molecule has 2 aromatic carbocycles. The van der Waals surface area contributed by atoms with Crippen LogP contribution in [0.4, 0.5) is 10.1 Å². The first-order chi connectivity index (χ1) is 10.0. The van der Waals surface area contributed by atoms with E-state index in [1.807, 2.05) is 0 Å². The first-order valence-corrected chi connectivity index (χ1v) is 6.23. The number of halogens is 2. The quantitative estimate of drug-likeness (QED) is 0.352. The van der Waals surface area contributed by atoms with E-state index in [1.165, 1.54) is 18.2 Å². The smallest absolute Gasteiger partial charge is 0.255 e. The molecule has 4 N–H and O–H groups in total. The van der Waals surface area contributed by atoms with Gasteiger partial charge in [-0.05, 0) is 30.3 Å². The molecule has 0 aromatic heterocycles. The number of hydrogen-bond donors (Lipinski definition) is 3. The van der Waals surface area contributed by atoms with Gasteiger partial charge in [0.2, 0.25) is 0 Å². The number of carbonyl (C=O) groups is 1. The van der Waals surface area contributed by atoms with Crippen LogP contribution >= 0.6 is 11.6 Å². The van der Waals surface area contributed by atoms with Crippen LogP contribution in [0.2, 0.25) is 5.02 Å². The lowest BCUT2D eigenvalue weighted by atomic mass is 10.1. The fourth-order valence-electron chi connectivity index (χ4n) is 1.65. The van der Waals surface area contributed by atoms with E-state index in [0.29, 0.717) is 11.3 Å². The molecule has 0 saturated carbocycles. The van der Waals surface area contributed by atoms with Gasteiger partial charge >= 0.3 is 0 Å². The summed E-state index contributed by atoms with van der Waals surface area (Å²) in [4.78, 5) is 12.0. The lowest BCUT2D eigenvalue weighted by Gasteiger charge is -2.07. The minimum atomic E-state index is -0.595. The third kappa shape index (κ3) is 3.49. The number of nitrogens with two attached hydrogens (primary N) is 1. The number of carbonyl (C=O) groups excluding carboxylic acids is 1. The molecule has 0 atom stereocenters. The average molecular weight is 308 g/mol. The van der Waals surface area contributed by atoms with E-state index in [4.69, 9.17) is 22.5 Å². The van der Waals surface area contributed by atoms with E-state index in [0.717, 1.165) is 6.07 Å². The second-order valence-corrected chi connectivity index (χ2v) is 4.56. The maximum atomic E-state index is 13.1. The van der Waals surface area contributed by atoms with E-state index >= 15 is 0 Å². The molecule has 0 aliphatic carbocycles. The molecule has 7 heteroatoms. The zero-order valence-corrected chi connectivity index (χ0v) is 11.4. The summed E-state index contributed by atoms with van der Waals surface area (Å²) in [6, 6.07) is 10.1. The van der Waals surface area contributed by atoms with Crippen molar-refractivity contribution < 1.29 is 14.4 Å². The summed E-state index contributed by atoms with van der Waals surface area (Å²) in [6.07, 6.45) is 0. The van der Waals surface area contributed by atoms with Crippen molar-refractivity contribution >= 4 is 29.0 Å². The van der Waals surface area contributed by atoms with Gasteiger partial charge < -0.3 is 16.3 Å². The number of amides is 1. The molecule has 2 aromatic rings. The Morgan fingerprint density at radius 2 is 2.00 bits per heavy atom. The van der Waals surface area contributed by atoms with Gasteiger partial charge in [-0.25, -0.2) is 4.39 Å². The molecule has 0 bridgehead atoms. The Morgan fingerprint density at radius 3 is 2.67 bits per heavy atom. The van der Waals surface area contributed by atoms with Crippen molar-refractivity contribution in [2.75, 3.05) is 5.32 Å². The van der Waals surface area contributed by atoms with Crippen LogP contribution in [-0.4, -0.2) is 17.0 Å². The van der Waals surface area contributed by atoms with Gasteiger partial charge in [0, 0.05) is 16.8 Å². The number of benzene rings is 2. The van der Waals surface area contributed by atoms with Crippen LogP contribution in [0.5, 0.6) is 0 Å². The Labute approximate surface area is 124 Å². The van der Waals surface area contributed by atoms with Crippen molar-refractivity contribution in [2.24, 2.45) is 10.9 Å². The Kier molecular flexibility index (Phi) is 4.39. The minimum absolute atomic E-state index is 0.0732. The molecule has 21 heavy (non-hydrogen) atoms. The van der Waals surface area contributed by atoms with Crippen LogP contribution in [0.25, 0.3) is 0 Å². The number of amidine groups is 1. The number of hydrogen-bond acceptors (Lipinski definition) is 3. The molecule has 108 valence electrons. The Bertz CT molecular complexity index is 719. The number of oxime groups is 1. The summed E-state index contributed by atoms with van der Waals surface area (Å²) in [5.74, 6) is -1.12. The first kappa shape index (κ1) is 14.8. The molecule has 5 nitrogen and oxygen atoms in total. The largest absolute Gasteiger partial charge is 0.409 e. The summed E-state index contributed by atoms with van der Waals surface area (Å²) < 4.78 is 13.1. The van der Waals surface area contributed by atoms with Crippen molar-refractivity contribution in [1.82, 2.24) is 0 Å². The van der Waals surface area contributed by atoms with Gasteiger partial charge in [-0.15, -0.1) is 0 Å². The van der Waals surface area contributed by atoms with E-state index in [9.17, 15) is 9.18 Å². The third-order valence-corrected chi connectivity index (χ3v) is 3.00. The van der Waals surface area contributed by atoms with E-state index in [2.05, 4.69) is 10.5 Å². The molecule has 2 rings (SSSR count). The fraction of sp³-hybridized carbons (Fsp3) is 0. The van der Waals surface area contributed by atoms with Crippen LogP contribution in [-0.2, 0) is 0 Å². The predicted molar refractivity (Wildman–Crippen MR) is 78.3 cm³/mol. The Morgan fingerprint density at radius 1 is 1.24 bits per heavy atom. The van der Waals surface area contributed by atoms with Gasteiger partial charge in [-0.1, -0.05) is 28.9 Å². The number of rotatable bonds is 3. The van der Waals surface area contributed by atoms with E-state index in [-0.39, 0.29) is 16.4 Å². The van der Waals surface area contributed by atoms with Crippen LogP contribution in [0, 0.1) is 5.82 Å². The molecule has 0 radical (unpaired) electrons. The van der Waals surface area contributed by atoms with E-state index < -0.39 is 11.7 Å². The minimum Gasteiger partial charge on any atom is -0.409 e. The van der Waals surface area contributed by atoms with Crippen molar-refractivity contribution in [3.05, 3.63) is 64.4 Å². The highest BCUT2D eigenvalue weighted by molar-refractivity contribution is 6.31. The molecule has 0 heterocycles. The summed E-state index contributed by atoms with van der Waals surface area (Å²) in [7, 11) is 0. The van der Waals surface area contributed by atoms with Crippen molar-refractivity contribution in [2.45, 2.75) is 0 Å². The molecule has 0 spiro atoms. The number of anilines is 1. The maximum absolute atomic E-state index is 13.1. The lowest BCUT2D eigenvalue weighted by Crippen LogP contribution is -2.15. The van der Waals surface area contributed by atoms with Crippen molar-refractivity contribution in [3.8, 4) is 0 Å². The normalized spacial score (nSPS) is 11.2. The van der Waals surface area contributed by atoms with Gasteiger partial charge in [-0.2, -0.15) is 0 Å². The summed E-state index contributed by atoms with van der Waals surface area (Å²) >= 11 is 5.63. The second kappa shape index (κ2) is 6.23. The number of nitrogens with one attached hydrogen (secondary N) is 1. The highest BCUT2D eigenvalue weighted by Crippen LogP contribution is 2.18. The van der Waals surface area contributed by atoms with Crippen LogP contribution in [0.15, 0.2) is 47.6 Å². The number of nitrogens with zero attached hydrogens (tertiary/aromatic N) is 1. The van der Waals surface area contributed by atoms with Gasteiger partial charge in [-0.3, -0.25) is 4.79 Å². The Hall–Kier alpha value is -2.60. The van der Waals surface area contributed by atoms with Crippen LogP contribution in [0.1, 0.15) is 15.9 Å². The van der Waals surface area contributed by atoms with Crippen LogP contribution < -0.4 is 11.1 Å². The third-order valence-electron chi connectivity index (χ3n) is 2.71. The zero-order valence-electron chi connectivity index (χ0n) is 10.7. The van der Waals surface area contributed by atoms with E-state index in [1.54, 1.807) is 18.2 Å². The highest BCUT2D eigenvalue weighted by atomic mass is 35.5. The van der Waals surface area contributed by atoms with Crippen molar-refractivity contribution in [1.29, 1.82) is 0 Å². The van der Waals surface area contributed by atoms with Gasteiger partial charge in [0.15, 0.2) is 5.84 Å². The molecule has 0 fully saturated rings. The fourth-order valence-corrected chi connectivity index (χ4v) is 1.84. The molecular weight excluding hydrogens is 297 g/mol. The summed E-state index contributed by atoms with van der Waals surface area (Å²) in [5.41, 5.74) is 6.59.